The molecule has 1 saturated carbocycles. The number of hydrogen-bond donors (Lipinski definition) is 1. The molecule has 18 heavy (non-hydrogen) atoms. The summed E-state index contributed by atoms with van der Waals surface area (Å²) in [6, 6.07) is 7.38. The van der Waals surface area contributed by atoms with Gasteiger partial charge in [0.2, 0.25) is 5.91 Å². The molecule has 1 amide bonds. The molecule has 1 N–H and O–H groups in total. The van der Waals surface area contributed by atoms with Gasteiger partial charge in [0, 0.05) is 4.47 Å². The summed E-state index contributed by atoms with van der Waals surface area (Å²) in [5.41, 5.74) is 0.719. The Morgan fingerprint density at radius 2 is 2.11 bits per heavy atom. The van der Waals surface area contributed by atoms with Crippen LogP contribution in [0.1, 0.15) is 13.3 Å². The molecule has 1 aromatic carbocycles. The highest BCUT2D eigenvalue weighted by atomic mass is 79.9. The van der Waals surface area contributed by atoms with Gasteiger partial charge in [0.1, 0.15) is 0 Å². The number of hydrogen-bond acceptors (Lipinski definition) is 3. The maximum absolute atomic E-state index is 11.9. The van der Waals surface area contributed by atoms with Crippen LogP contribution in [0.25, 0.3) is 0 Å². The topological polar surface area (TPSA) is 55.4 Å². The number of rotatable bonds is 4. The third kappa shape index (κ3) is 2.90. The molecule has 2 rings (SSSR count). The molecule has 0 bridgehead atoms. The van der Waals surface area contributed by atoms with Crippen molar-refractivity contribution >= 4 is 33.5 Å². The summed E-state index contributed by atoms with van der Waals surface area (Å²) in [5.74, 6) is -0.923. The fraction of sp³-hybridized carbons (Fsp3) is 0.385. The lowest BCUT2D eigenvalue weighted by Gasteiger charge is -2.06. The first-order valence-electron chi connectivity index (χ1n) is 5.85. The molecular formula is C13H14BrNO3. The molecular weight excluding hydrogens is 298 g/mol. The lowest BCUT2D eigenvalue weighted by Crippen LogP contribution is -2.18. The van der Waals surface area contributed by atoms with Gasteiger partial charge in [-0.05, 0) is 41.4 Å². The highest BCUT2D eigenvalue weighted by molar-refractivity contribution is 9.10. The highest BCUT2D eigenvalue weighted by Gasteiger charge is 2.49. The number of ether oxygens (including phenoxy) is 1. The zero-order chi connectivity index (χ0) is 13.1. The maximum Gasteiger partial charge on any atom is 0.309 e. The summed E-state index contributed by atoms with van der Waals surface area (Å²) in [6.45, 7) is 2.12. The molecule has 0 aromatic heterocycles. The molecule has 0 spiro atoms. The van der Waals surface area contributed by atoms with Crippen LogP contribution in [-0.4, -0.2) is 18.5 Å². The van der Waals surface area contributed by atoms with Crippen LogP contribution in [0.5, 0.6) is 0 Å². The Morgan fingerprint density at radius 1 is 1.39 bits per heavy atom. The van der Waals surface area contributed by atoms with Crippen molar-refractivity contribution in [3.05, 3.63) is 28.7 Å². The van der Waals surface area contributed by atoms with Crippen LogP contribution in [0.4, 0.5) is 5.69 Å². The molecule has 0 aliphatic heterocycles. The van der Waals surface area contributed by atoms with E-state index in [-0.39, 0.29) is 23.7 Å². The number of nitrogens with one attached hydrogen (secondary N) is 1. The number of esters is 1. The lowest BCUT2D eigenvalue weighted by atomic mass is 10.2. The van der Waals surface area contributed by atoms with Crippen molar-refractivity contribution in [2.24, 2.45) is 11.8 Å². The molecule has 5 heteroatoms. The summed E-state index contributed by atoms with van der Waals surface area (Å²) in [5, 5.41) is 2.81. The highest BCUT2D eigenvalue weighted by Crippen LogP contribution is 2.40. The van der Waals surface area contributed by atoms with Crippen LogP contribution in [-0.2, 0) is 14.3 Å². The first kappa shape index (κ1) is 13.1. The minimum absolute atomic E-state index is 0.125. The smallest absolute Gasteiger partial charge is 0.309 e. The molecule has 1 aliphatic carbocycles. The summed E-state index contributed by atoms with van der Waals surface area (Å²) in [7, 11) is 0. The quantitative estimate of drug-likeness (QED) is 0.870. The van der Waals surface area contributed by atoms with Crippen LogP contribution in [0.3, 0.4) is 0 Å². The fourth-order valence-corrected chi connectivity index (χ4v) is 2.17. The van der Waals surface area contributed by atoms with Gasteiger partial charge < -0.3 is 10.1 Å². The third-order valence-corrected chi connectivity index (χ3v) is 3.54. The molecule has 0 unspecified atom stereocenters. The second-order valence-electron chi connectivity index (χ2n) is 4.17. The van der Waals surface area contributed by atoms with Crippen molar-refractivity contribution in [3.63, 3.8) is 0 Å². The fourth-order valence-electron chi connectivity index (χ4n) is 1.78. The van der Waals surface area contributed by atoms with Gasteiger partial charge in [-0.2, -0.15) is 0 Å². The number of halogens is 1. The Kier molecular flexibility index (Phi) is 4.01. The zero-order valence-corrected chi connectivity index (χ0v) is 11.6. The van der Waals surface area contributed by atoms with Gasteiger partial charge in [-0.25, -0.2) is 0 Å². The van der Waals surface area contributed by atoms with Crippen molar-refractivity contribution < 1.29 is 14.3 Å². The van der Waals surface area contributed by atoms with E-state index < -0.39 is 0 Å². The van der Waals surface area contributed by atoms with Crippen molar-refractivity contribution in [2.45, 2.75) is 13.3 Å². The lowest BCUT2D eigenvalue weighted by molar-refractivity contribution is -0.145. The van der Waals surface area contributed by atoms with Crippen molar-refractivity contribution in [2.75, 3.05) is 11.9 Å². The van der Waals surface area contributed by atoms with Crippen LogP contribution >= 0.6 is 15.9 Å². The van der Waals surface area contributed by atoms with E-state index in [1.807, 2.05) is 24.3 Å². The Labute approximate surface area is 114 Å². The first-order valence-corrected chi connectivity index (χ1v) is 6.64. The van der Waals surface area contributed by atoms with Crippen LogP contribution < -0.4 is 5.32 Å². The second kappa shape index (κ2) is 5.52. The minimum Gasteiger partial charge on any atom is -0.466 e. The van der Waals surface area contributed by atoms with E-state index in [0.29, 0.717) is 13.0 Å². The van der Waals surface area contributed by atoms with Crippen molar-refractivity contribution in [3.8, 4) is 0 Å². The van der Waals surface area contributed by atoms with Gasteiger partial charge in [-0.15, -0.1) is 0 Å². The second-order valence-corrected chi connectivity index (χ2v) is 5.02. The van der Waals surface area contributed by atoms with E-state index in [9.17, 15) is 9.59 Å². The molecule has 4 nitrogen and oxygen atoms in total. The van der Waals surface area contributed by atoms with Gasteiger partial charge in [-0.1, -0.05) is 12.1 Å². The van der Waals surface area contributed by atoms with Crippen molar-refractivity contribution in [1.29, 1.82) is 0 Å². The zero-order valence-electron chi connectivity index (χ0n) is 9.98. The standard InChI is InChI=1S/C13H14BrNO3/c1-2-18-13(17)9-7-8(9)12(16)15-11-6-4-3-5-10(11)14/h3-6,8-9H,2,7H2,1H3,(H,15,16)/t8-,9-/m1/s1. The number of para-hydroxylation sites is 1. The predicted molar refractivity (Wildman–Crippen MR) is 71.0 cm³/mol. The van der Waals surface area contributed by atoms with Gasteiger partial charge in [0.15, 0.2) is 0 Å². The first-order chi connectivity index (χ1) is 8.63. The minimum atomic E-state index is -0.273. The Hall–Kier alpha value is -1.36. The summed E-state index contributed by atoms with van der Waals surface area (Å²) in [6.07, 6.45) is 0.578. The number of anilines is 1. The van der Waals surface area contributed by atoms with E-state index in [4.69, 9.17) is 4.74 Å². The van der Waals surface area contributed by atoms with Gasteiger partial charge in [0.25, 0.3) is 0 Å². The predicted octanol–water partition coefficient (Wildman–Crippen LogP) is 2.59. The molecule has 0 saturated heterocycles. The number of carbonyl (C=O) groups excluding carboxylic acids is 2. The van der Waals surface area contributed by atoms with E-state index in [1.165, 1.54) is 0 Å². The van der Waals surface area contributed by atoms with Crippen molar-refractivity contribution in [1.82, 2.24) is 0 Å². The van der Waals surface area contributed by atoms with Crippen LogP contribution in [0, 0.1) is 11.8 Å². The number of benzene rings is 1. The molecule has 96 valence electrons. The Bertz CT molecular complexity index is 475. The SMILES string of the molecule is CCOC(=O)[C@@H]1C[C@H]1C(=O)Nc1ccccc1Br. The molecule has 1 fully saturated rings. The summed E-state index contributed by atoms with van der Waals surface area (Å²) in [4.78, 5) is 23.3. The normalized spacial score (nSPS) is 21.2. The average molecular weight is 312 g/mol. The monoisotopic (exact) mass is 311 g/mol. The van der Waals surface area contributed by atoms with Gasteiger partial charge in [-0.3, -0.25) is 9.59 Å². The largest absolute Gasteiger partial charge is 0.466 e. The van der Waals surface area contributed by atoms with Crippen LogP contribution in [0.15, 0.2) is 28.7 Å². The Balaban J connectivity index is 1.91. The van der Waals surface area contributed by atoms with E-state index in [0.717, 1.165) is 10.2 Å². The van der Waals surface area contributed by atoms with E-state index >= 15 is 0 Å². The van der Waals surface area contributed by atoms with Gasteiger partial charge in [0.05, 0.1) is 24.1 Å². The molecule has 0 radical (unpaired) electrons. The molecule has 1 aliphatic rings. The molecule has 2 atom stereocenters. The Morgan fingerprint density at radius 3 is 2.78 bits per heavy atom. The molecule has 1 aromatic rings. The number of carbonyl (C=O) groups is 2. The number of amides is 1. The molecule has 0 heterocycles. The van der Waals surface area contributed by atoms with Crippen LogP contribution in [0.2, 0.25) is 0 Å². The van der Waals surface area contributed by atoms with E-state index in [2.05, 4.69) is 21.2 Å². The maximum atomic E-state index is 11.9. The van der Waals surface area contributed by atoms with Gasteiger partial charge >= 0.3 is 5.97 Å². The third-order valence-electron chi connectivity index (χ3n) is 2.85. The average Bonchev–Trinajstić information content (AvgIpc) is 3.12. The van der Waals surface area contributed by atoms with E-state index in [1.54, 1.807) is 6.92 Å². The summed E-state index contributed by atoms with van der Waals surface area (Å²) < 4.78 is 5.72. The summed E-state index contributed by atoms with van der Waals surface area (Å²) >= 11 is 3.36.